The van der Waals surface area contributed by atoms with Crippen LogP contribution in [0.5, 0.6) is 11.6 Å². The Balaban J connectivity index is 2.40. The molecule has 0 radical (unpaired) electrons. The van der Waals surface area contributed by atoms with Crippen LogP contribution in [0, 0.1) is 6.92 Å². The van der Waals surface area contributed by atoms with E-state index in [1.807, 2.05) is 32.0 Å². The minimum Gasteiger partial charge on any atom is -0.438 e. The lowest BCUT2D eigenvalue weighted by Gasteiger charge is -2.11. The van der Waals surface area contributed by atoms with E-state index >= 15 is 0 Å². The highest BCUT2D eigenvalue weighted by Crippen LogP contribution is 2.30. The van der Waals surface area contributed by atoms with Crippen LogP contribution >= 0.6 is 27.5 Å². The fourth-order valence-electron chi connectivity index (χ4n) is 1.55. The van der Waals surface area contributed by atoms with Crippen LogP contribution in [-0.2, 0) is 6.42 Å². The summed E-state index contributed by atoms with van der Waals surface area (Å²) in [5, 5.41) is 0.440. The SMILES string of the molecule is CCc1c(Cl)ncnc1Oc1cc(Br)ccc1C. The first-order valence-electron chi connectivity index (χ1n) is 5.55. The minimum absolute atomic E-state index is 0.440. The lowest BCUT2D eigenvalue weighted by atomic mass is 10.2. The second-order valence-corrected chi connectivity index (χ2v) is 5.09. The van der Waals surface area contributed by atoms with Crippen LogP contribution < -0.4 is 4.74 Å². The molecule has 0 aliphatic heterocycles. The average Bonchev–Trinajstić information content (AvgIpc) is 2.34. The zero-order valence-corrected chi connectivity index (χ0v) is 12.4. The molecule has 0 aliphatic rings. The molecule has 0 aliphatic carbocycles. The second-order valence-electron chi connectivity index (χ2n) is 3.81. The number of nitrogens with zero attached hydrogens (tertiary/aromatic N) is 2. The molecule has 94 valence electrons. The van der Waals surface area contributed by atoms with Crippen molar-refractivity contribution in [2.75, 3.05) is 0 Å². The second kappa shape index (κ2) is 5.67. The first-order chi connectivity index (χ1) is 8.61. The Morgan fingerprint density at radius 1 is 1.33 bits per heavy atom. The number of ether oxygens (including phenoxy) is 1. The summed E-state index contributed by atoms with van der Waals surface area (Å²) < 4.78 is 6.79. The van der Waals surface area contributed by atoms with Gasteiger partial charge in [-0.3, -0.25) is 0 Å². The molecule has 2 aromatic rings. The van der Waals surface area contributed by atoms with E-state index in [4.69, 9.17) is 16.3 Å². The van der Waals surface area contributed by atoms with Gasteiger partial charge in [-0.2, -0.15) is 0 Å². The van der Waals surface area contributed by atoms with Crippen molar-refractivity contribution >= 4 is 27.5 Å². The Morgan fingerprint density at radius 2 is 2.11 bits per heavy atom. The Morgan fingerprint density at radius 3 is 2.83 bits per heavy atom. The maximum Gasteiger partial charge on any atom is 0.227 e. The monoisotopic (exact) mass is 326 g/mol. The van der Waals surface area contributed by atoms with Gasteiger partial charge in [-0.15, -0.1) is 0 Å². The summed E-state index contributed by atoms with van der Waals surface area (Å²) in [6.45, 7) is 3.97. The van der Waals surface area contributed by atoms with Crippen molar-refractivity contribution in [1.29, 1.82) is 0 Å². The molecule has 0 spiro atoms. The van der Waals surface area contributed by atoms with Gasteiger partial charge in [0.25, 0.3) is 0 Å². The molecule has 18 heavy (non-hydrogen) atoms. The number of halogens is 2. The summed E-state index contributed by atoms with van der Waals surface area (Å²) in [5.74, 6) is 1.27. The molecule has 0 unspecified atom stereocenters. The normalized spacial score (nSPS) is 10.4. The van der Waals surface area contributed by atoms with Gasteiger partial charge in [0.15, 0.2) is 0 Å². The maximum atomic E-state index is 6.03. The van der Waals surface area contributed by atoms with Crippen LogP contribution in [0.4, 0.5) is 0 Å². The van der Waals surface area contributed by atoms with Gasteiger partial charge in [-0.25, -0.2) is 9.97 Å². The topological polar surface area (TPSA) is 35.0 Å². The number of hydrogen-bond donors (Lipinski definition) is 0. The van der Waals surface area contributed by atoms with Crippen LogP contribution in [0.2, 0.25) is 5.15 Å². The molecule has 0 saturated carbocycles. The Bertz CT molecular complexity index is 575. The number of rotatable bonds is 3. The van der Waals surface area contributed by atoms with Gasteiger partial charge in [0.2, 0.25) is 5.88 Å². The quantitative estimate of drug-likeness (QED) is 0.775. The number of aromatic nitrogens is 2. The highest BCUT2D eigenvalue weighted by atomic mass is 79.9. The molecule has 0 bridgehead atoms. The van der Waals surface area contributed by atoms with Crippen LogP contribution in [-0.4, -0.2) is 9.97 Å². The Labute approximate surface area is 119 Å². The predicted molar refractivity (Wildman–Crippen MR) is 75.4 cm³/mol. The van der Waals surface area contributed by atoms with E-state index in [0.29, 0.717) is 11.0 Å². The van der Waals surface area contributed by atoms with Crippen LogP contribution in [0.25, 0.3) is 0 Å². The molecule has 0 fully saturated rings. The molecule has 0 N–H and O–H groups in total. The van der Waals surface area contributed by atoms with Crippen molar-refractivity contribution in [3.8, 4) is 11.6 Å². The Kier molecular flexibility index (Phi) is 4.19. The van der Waals surface area contributed by atoms with Crippen molar-refractivity contribution in [3.05, 3.63) is 45.3 Å². The lowest BCUT2D eigenvalue weighted by molar-refractivity contribution is 0.451. The van der Waals surface area contributed by atoms with Gasteiger partial charge in [-0.05, 0) is 31.0 Å². The molecule has 3 nitrogen and oxygen atoms in total. The summed E-state index contributed by atoms with van der Waals surface area (Å²) in [4.78, 5) is 8.10. The van der Waals surface area contributed by atoms with Crippen LogP contribution in [0.1, 0.15) is 18.1 Å². The minimum atomic E-state index is 0.440. The van der Waals surface area contributed by atoms with E-state index in [1.165, 1.54) is 6.33 Å². The molecular formula is C13H12BrClN2O. The highest BCUT2D eigenvalue weighted by Gasteiger charge is 2.11. The number of aryl methyl sites for hydroxylation is 1. The van der Waals surface area contributed by atoms with Crippen LogP contribution in [0.3, 0.4) is 0 Å². The molecule has 1 aromatic heterocycles. The molecule has 5 heteroatoms. The van der Waals surface area contributed by atoms with E-state index in [2.05, 4.69) is 25.9 Å². The van der Waals surface area contributed by atoms with E-state index < -0.39 is 0 Å². The maximum absolute atomic E-state index is 6.03. The van der Waals surface area contributed by atoms with E-state index in [9.17, 15) is 0 Å². The third-order valence-electron chi connectivity index (χ3n) is 2.56. The highest BCUT2D eigenvalue weighted by molar-refractivity contribution is 9.10. The lowest BCUT2D eigenvalue weighted by Crippen LogP contribution is -1.97. The molecule has 0 amide bonds. The average molecular weight is 328 g/mol. The van der Waals surface area contributed by atoms with Crippen molar-refractivity contribution in [2.24, 2.45) is 0 Å². The van der Waals surface area contributed by atoms with E-state index in [1.54, 1.807) is 0 Å². The van der Waals surface area contributed by atoms with E-state index in [-0.39, 0.29) is 0 Å². The first-order valence-corrected chi connectivity index (χ1v) is 6.72. The summed E-state index contributed by atoms with van der Waals surface area (Å²) in [6.07, 6.45) is 2.13. The van der Waals surface area contributed by atoms with Crippen molar-refractivity contribution in [3.63, 3.8) is 0 Å². The largest absolute Gasteiger partial charge is 0.438 e. The number of benzene rings is 1. The summed E-state index contributed by atoms with van der Waals surface area (Å²) >= 11 is 9.45. The first kappa shape index (κ1) is 13.3. The standard InChI is InChI=1S/C13H12BrClN2O/c1-3-10-12(15)16-7-17-13(10)18-11-6-9(14)5-4-8(11)2/h4-7H,3H2,1-2H3. The molecule has 2 rings (SSSR count). The van der Waals surface area contributed by atoms with Crippen LogP contribution in [0.15, 0.2) is 29.0 Å². The predicted octanol–water partition coefficient (Wildman–Crippen LogP) is 4.56. The fraction of sp³-hybridized carbons (Fsp3) is 0.231. The van der Waals surface area contributed by atoms with E-state index in [0.717, 1.165) is 27.8 Å². The van der Waals surface area contributed by atoms with Gasteiger partial charge < -0.3 is 4.74 Å². The molecule has 0 saturated heterocycles. The summed E-state index contributed by atoms with van der Waals surface area (Å²) in [5.41, 5.74) is 1.86. The zero-order chi connectivity index (χ0) is 13.1. The van der Waals surface area contributed by atoms with Crippen molar-refractivity contribution in [1.82, 2.24) is 9.97 Å². The summed E-state index contributed by atoms with van der Waals surface area (Å²) in [6, 6.07) is 5.86. The van der Waals surface area contributed by atoms with Gasteiger partial charge in [0.1, 0.15) is 17.2 Å². The Hall–Kier alpha value is -1.13. The molecule has 1 aromatic carbocycles. The zero-order valence-electron chi connectivity index (χ0n) is 10.1. The summed E-state index contributed by atoms with van der Waals surface area (Å²) in [7, 11) is 0. The van der Waals surface area contributed by atoms with Crippen molar-refractivity contribution < 1.29 is 4.74 Å². The molecule has 1 heterocycles. The van der Waals surface area contributed by atoms with Crippen molar-refractivity contribution in [2.45, 2.75) is 20.3 Å². The molecule has 0 atom stereocenters. The number of hydrogen-bond acceptors (Lipinski definition) is 3. The third kappa shape index (κ3) is 2.82. The fourth-order valence-corrected chi connectivity index (χ4v) is 2.15. The van der Waals surface area contributed by atoms with Gasteiger partial charge >= 0.3 is 0 Å². The smallest absolute Gasteiger partial charge is 0.227 e. The van der Waals surface area contributed by atoms with Gasteiger partial charge in [-0.1, -0.05) is 40.5 Å². The molecular weight excluding hydrogens is 316 g/mol. The third-order valence-corrected chi connectivity index (χ3v) is 3.38. The van der Waals surface area contributed by atoms with Gasteiger partial charge in [0.05, 0.1) is 5.56 Å². The van der Waals surface area contributed by atoms with Gasteiger partial charge in [0, 0.05) is 4.47 Å².